The molecule has 0 unspecified atom stereocenters. The molecule has 3 rings (SSSR count). The molecule has 3 aromatic rings. The van der Waals surface area contributed by atoms with E-state index in [0.717, 1.165) is 34.5 Å². The number of imidazole rings is 1. The van der Waals surface area contributed by atoms with Gasteiger partial charge in [-0.15, -0.1) is 0 Å². The first-order valence-electron chi connectivity index (χ1n) is 8.73. The number of nitrogens with one attached hydrogen (secondary N) is 1. The van der Waals surface area contributed by atoms with Gasteiger partial charge >= 0.3 is 0 Å². The summed E-state index contributed by atoms with van der Waals surface area (Å²) in [5, 5.41) is 2.92. The van der Waals surface area contributed by atoms with Crippen molar-refractivity contribution in [3.05, 3.63) is 84.2 Å². The molecule has 0 fully saturated rings. The van der Waals surface area contributed by atoms with E-state index in [0.29, 0.717) is 13.0 Å². The van der Waals surface area contributed by atoms with Crippen LogP contribution in [0, 0.1) is 0 Å². The minimum Gasteiger partial charge on any atom is -0.352 e. The molecule has 1 amide bonds. The van der Waals surface area contributed by atoms with Crippen LogP contribution < -0.4 is 5.32 Å². The Hall–Kier alpha value is -3.14. The Bertz CT molecular complexity index is 938. The van der Waals surface area contributed by atoms with Crippen LogP contribution in [0.25, 0.3) is 17.1 Å². The molecule has 1 aromatic heterocycles. The summed E-state index contributed by atoms with van der Waals surface area (Å²) in [5.41, 5.74) is 4.15. The lowest BCUT2D eigenvalue weighted by Gasteiger charge is -2.09. The molecular formula is C22H23N3O. The number of hydrogen-bond acceptors (Lipinski definition) is 2. The van der Waals surface area contributed by atoms with Crippen molar-refractivity contribution >= 4 is 23.0 Å². The Morgan fingerprint density at radius 3 is 2.65 bits per heavy atom. The molecule has 0 aliphatic rings. The van der Waals surface area contributed by atoms with Crippen LogP contribution in [0.5, 0.6) is 0 Å². The van der Waals surface area contributed by atoms with Crippen molar-refractivity contribution in [1.29, 1.82) is 0 Å². The number of rotatable bonds is 7. The van der Waals surface area contributed by atoms with Crippen LogP contribution >= 0.6 is 0 Å². The summed E-state index contributed by atoms with van der Waals surface area (Å²) in [7, 11) is 0. The normalized spacial score (nSPS) is 11.1. The molecular weight excluding hydrogens is 322 g/mol. The zero-order chi connectivity index (χ0) is 18.4. The van der Waals surface area contributed by atoms with Crippen molar-refractivity contribution < 1.29 is 4.79 Å². The number of fused-ring (bicyclic) bond motifs is 1. The lowest BCUT2D eigenvalue weighted by molar-refractivity contribution is -0.116. The van der Waals surface area contributed by atoms with Crippen LogP contribution in [0.3, 0.4) is 0 Å². The first-order chi connectivity index (χ1) is 12.6. The number of carbonyl (C=O) groups excluding carboxylic acids is 1. The van der Waals surface area contributed by atoms with Crippen molar-refractivity contribution in [2.45, 2.75) is 19.9 Å². The number of allylic oxidation sites excluding steroid dienone is 1. The second kappa shape index (κ2) is 8.30. The van der Waals surface area contributed by atoms with Gasteiger partial charge in [0.2, 0.25) is 5.91 Å². The molecule has 1 N–H and O–H groups in total. The van der Waals surface area contributed by atoms with E-state index < -0.39 is 0 Å². The molecule has 0 bridgehead atoms. The summed E-state index contributed by atoms with van der Waals surface area (Å²) >= 11 is 0. The molecule has 0 saturated heterocycles. The number of aromatic nitrogens is 2. The zero-order valence-corrected chi connectivity index (χ0v) is 15.0. The fourth-order valence-corrected chi connectivity index (χ4v) is 2.86. The summed E-state index contributed by atoms with van der Waals surface area (Å²) < 4.78 is 2.17. The van der Waals surface area contributed by atoms with Crippen molar-refractivity contribution in [1.82, 2.24) is 14.9 Å². The third-order valence-corrected chi connectivity index (χ3v) is 4.04. The Morgan fingerprint density at radius 1 is 1.15 bits per heavy atom. The van der Waals surface area contributed by atoms with E-state index in [1.807, 2.05) is 61.5 Å². The van der Waals surface area contributed by atoms with Crippen LogP contribution in [-0.4, -0.2) is 22.0 Å². The van der Waals surface area contributed by atoms with Crippen LogP contribution in [0.15, 0.2) is 72.8 Å². The molecule has 4 heteroatoms. The Kier molecular flexibility index (Phi) is 5.64. The van der Waals surface area contributed by atoms with E-state index in [4.69, 9.17) is 4.98 Å². The fourth-order valence-electron chi connectivity index (χ4n) is 2.86. The highest BCUT2D eigenvalue weighted by Gasteiger charge is 2.10. The Balaban J connectivity index is 1.63. The molecule has 0 saturated carbocycles. The number of hydrogen-bond donors (Lipinski definition) is 1. The van der Waals surface area contributed by atoms with E-state index in [2.05, 4.69) is 22.5 Å². The highest BCUT2D eigenvalue weighted by Crippen LogP contribution is 2.17. The number of carbonyl (C=O) groups is 1. The van der Waals surface area contributed by atoms with E-state index in [1.165, 1.54) is 0 Å². The van der Waals surface area contributed by atoms with Gasteiger partial charge in [-0.05, 0) is 30.7 Å². The molecule has 4 nitrogen and oxygen atoms in total. The van der Waals surface area contributed by atoms with Crippen molar-refractivity contribution in [3.8, 4) is 0 Å². The van der Waals surface area contributed by atoms with Crippen LogP contribution in [0.1, 0.15) is 18.3 Å². The molecule has 1 heterocycles. The number of amides is 1. The van der Waals surface area contributed by atoms with Crippen molar-refractivity contribution in [3.63, 3.8) is 0 Å². The molecule has 0 radical (unpaired) electrons. The Morgan fingerprint density at radius 2 is 1.88 bits per heavy atom. The third kappa shape index (κ3) is 4.48. The maximum atomic E-state index is 12.0. The van der Waals surface area contributed by atoms with Gasteiger partial charge in [-0.2, -0.15) is 0 Å². The minimum atomic E-state index is -0.101. The molecule has 0 atom stereocenters. The largest absolute Gasteiger partial charge is 0.352 e. The van der Waals surface area contributed by atoms with Gasteiger partial charge in [0.25, 0.3) is 0 Å². The SMILES string of the molecule is C=C(C)Cn1c(CCNC(=O)/C=C/c2ccccc2)nc2ccccc21. The predicted molar refractivity (Wildman–Crippen MR) is 107 cm³/mol. The van der Waals surface area contributed by atoms with Crippen LogP contribution in [0.2, 0.25) is 0 Å². The quantitative estimate of drug-likeness (QED) is 0.520. The van der Waals surface area contributed by atoms with E-state index in [1.54, 1.807) is 6.08 Å². The summed E-state index contributed by atoms with van der Waals surface area (Å²) in [5.74, 6) is 0.859. The predicted octanol–water partition coefficient (Wildman–Crippen LogP) is 3.98. The number of nitrogens with zero attached hydrogens (tertiary/aromatic N) is 2. The highest BCUT2D eigenvalue weighted by molar-refractivity contribution is 5.91. The van der Waals surface area contributed by atoms with Gasteiger partial charge in [0.05, 0.1) is 11.0 Å². The third-order valence-electron chi connectivity index (χ3n) is 4.04. The zero-order valence-electron chi connectivity index (χ0n) is 15.0. The van der Waals surface area contributed by atoms with E-state index in [9.17, 15) is 4.79 Å². The minimum absolute atomic E-state index is 0.101. The van der Waals surface area contributed by atoms with Gasteiger partial charge in [0.1, 0.15) is 5.82 Å². The Labute approximate surface area is 153 Å². The second-order valence-corrected chi connectivity index (χ2v) is 6.35. The molecule has 0 spiro atoms. The molecule has 132 valence electrons. The van der Waals surface area contributed by atoms with Crippen LogP contribution in [0.4, 0.5) is 0 Å². The monoisotopic (exact) mass is 345 g/mol. The maximum absolute atomic E-state index is 12.0. The average Bonchev–Trinajstić information content (AvgIpc) is 2.98. The van der Waals surface area contributed by atoms with Gasteiger partial charge in [0.15, 0.2) is 0 Å². The summed E-state index contributed by atoms with van der Waals surface area (Å²) in [4.78, 5) is 16.7. The average molecular weight is 345 g/mol. The van der Waals surface area contributed by atoms with Gasteiger partial charge in [-0.1, -0.05) is 54.6 Å². The van der Waals surface area contributed by atoms with Gasteiger partial charge in [0, 0.05) is 25.6 Å². The maximum Gasteiger partial charge on any atom is 0.244 e. The fraction of sp³-hybridized carbons (Fsp3) is 0.182. The molecule has 26 heavy (non-hydrogen) atoms. The standard InChI is InChI=1S/C22H23N3O/c1-17(2)16-25-20-11-7-6-10-19(20)24-21(25)14-15-23-22(26)13-12-18-8-4-3-5-9-18/h3-13H,1,14-16H2,2H3,(H,23,26)/b13-12+. The molecule has 0 aliphatic carbocycles. The highest BCUT2D eigenvalue weighted by atomic mass is 16.1. The lowest BCUT2D eigenvalue weighted by Crippen LogP contribution is -2.24. The molecule has 0 aliphatic heterocycles. The summed E-state index contributed by atoms with van der Waals surface area (Å²) in [6.45, 7) is 7.29. The summed E-state index contributed by atoms with van der Waals surface area (Å²) in [6.07, 6.45) is 4.05. The first-order valence-corrected chi connectivity index (χ1v) is 8.73. The van der Waals surface area contributed by atoms with Gasteiger partial charge in [-0.3, -0.25) is 4.79 Å². The number of benzene rings is 2. The van der Waals surface area contributed by atoms with E-state index in [-0.39, 0.29) is 5.91 Å². The second-order valence-electron chi connectivity index (χ2n) is 6.35. The van der Waals surface area contributed by atoms with Crippen LogP contribution in [-0.2, 0) is 17.8 Å². The topological polar surface area (TPSA) is 46.9 Å². The van der Waals surface area contributed by atoms with Crippen molar-refractivity contribution in [2.75, 3.05) is 6.54 Å². The van der Waals surface area contributed by atoms with E-state index >= 15 is 0 Å². The molecule has 2 aromatic carbocycles. The van der Waals surface area contributed by atoms with Gasteiger partial charge < -0.3 is 9.88 Å². The first kappa shape index (κ1) is 17.7. The number of para-hydroxylation sites is 2. The van der Waals surface area contributed by atoms with Gasteiger partial charge in [-0.25, -0.2) is 4.98 Å². The van der Waals surface area contributed by atoms with Crippen molar-refractivity contribution in [2.24, 2.45) is 0 Å². The lowest BCUT2D eigenvalue weighted by atomic mass is 10.2. The summed E-state index contributed by atoms with van der Waals surface area (Å²) in [6, 6.07) is 17.8. The smallest absolute Gasteiger partial charge is 0.244 e.